The number of hydrogen-bond acceptors (Lipinski definition) is 2. The quantitative estimate of drug-likeness (QED) is 0.839. The first-order chi connectivity index (χ1) is 8.04. The van der Waals surface area contributed by atoms with Crippen LogP contribution in [0.1, 0.15) is 36.6 Å². The SMILES string of the molecule is CNc1c(C(C)C)c(C)nc2ccc(C)cc12. The van der Waals surface area contributed by atoms with Crippen molar-refractivity contribution in [3.05, 3.63) is 35.0 Å². The molecule has 0 amide bonds. The fourth-order valence-corrected chi connectivity index (χ4v) is 2.49. The minimum Gasteiger partial charge on any atom is -0.387 e. The first kappa shape index (κ1) is 11.9. The van der Waals surface area contributed by atoms with E-state index in [9.17, 15) is 0 Å². The number of hydrogen-bond donors (Lipinski definition) is 1. The van der Waals surface area contributed by atoms with E-state index >= 15 is 0 Å². The second-order valence-corrected chi connectivity index (χ2v) is 4.91. The minimum atomic E-state index is 0.481. The number of rotatable bonds is 2. The van der Waals surface area contributed by atoms with Gasteiger partial charge in [0, 0.05) is 23.8 Å². The Kier molecular flexibility index (Phi) is 3.05. The van der Waals surface area contributed by atoms with Crippen LogP contribution in [0.5, 0.6) is 0 Å². The van der Waals surface area contributed by atoms with Gasteiger partial charge >= 0.3 is 0 Å². The van der Waals surface area contributed by atoms with Crippen LogP contribution in [-0.2, 0) is 0 Å². The van der Waals surface area contributed by atoms with E-state index in [0.29, 0.717) is 5.92 Å². The summed E-state index contributed by atoms with van der Waals surface area (Å²) in [5, 5.41) is 4.57. The molecule has 1 aromatic carbocycles. The monoisotopic (exact) mass is 228 g/mol. The zero-order chi connectivity index (χ0) is 12.6. The molecule has 0 fully saturated rings. The number of fused-ring (bicyclic) bond motifs is 1. The number of anilines is 1. The van der Waals surface area contributed by atoms with Crippen LogP contribution in [0.15, 0.2) is 18.2 Å². The average Bonchev–Trinajstić information content (AvgIpc) is 2.27. The molecule has 2 aromatic rings. The van der Waals surface area contributed by atoms with E-state index in [1.54, 1.807) is 0 Å². The van der Waals surface area contributed by atoms with Gasteiger partial charge in [0.1, 0.15) is 0 Å². The lowest BCUT2D eigenvalue weighted by atomic mass is 9.96. The molecule has 0 saturated carbocycles. The largest absolute Gasteiger partial charge is 0.387 e. The van der Waals surface area contributed by atoms with Crippen LogP contribution >= 0.6 is 0 Å². The predicted molar refractivity (Wildman–Crippen MR) is 74.9 cm³/mol. The van der Waals surface area contributed by atoms with Crippen molar-refractivity contribution in [2.75, 3.05) is 12.4 Å². The lowest BCUT2D eigenvalue weighted by molar-refractivity contribution is 0.849. The zero-order valence-corrected chi connectivity index (χ0v) is 11.3. The highest BCUT2D eigenvalue weighted by molar-refractivity contribution is 5.94. The van der Waals surface area contributed by atoms with Gasteiger partial charge in [0.15, 0.2) is 0 Å². The van der Waals surface area contributed by atoms with Crippen molar-refractivity contribution >= 4 is 16.6 Å². The Morgan fingerprint density at radius 2 is 1.88 bits per heavy atom. The molecule has 2 nitrogen and oxygen atoms in total. The molecule has 1 heterocycles. The van der Waals surface area contributed by atoms with Crippen LogP contribution in [-0.4, -0.2) is 12.0 Å². The van der Waals surface area contributed by atoms with Gasteiger partial charge in [0.2, 0.25) is 0 Å². The lowest BCUT2D eigenvalue weighted by Gasteiger charge is -2.18. The van der Waals surface area contributed by atoms with Crippen molar-refractivity contribution in [3.63, 3.8) is 0 Å². The van der Waals surface area contributed by atoms with Crippen LogP contribution in [0.25, 0.3) is 10.9 Å². The molecular weight excluding hydrogens is 208 g/mol. The topological polar surface area (TPSA) is 24.9 Å². The summed E-state index contributed by atoms with van der Waals surface area (Å²) in [7, 11) is 1.99. The molecule has 0 aliphatic carbocycles. The smallest absolute Gasteiger partial charge is 0.0726 e. The summed E-state index contributed by atoms with van der Waals surface area (Å²) in [6.45, 7) is 8.64. The van der Waals surface area contributed by atoms with Gasteiger partial charge in [-0.25, -0.2) is 0 Å². The van der Waals surface area contributed by atoms with Gasteiger partial charge in [0.05, 0.1) is 5.52 Å². The standard InChI is InChI=1S/C15H20N2/c1-9(2)14-11(4)17-13-7-6-10(3)8-12(13)15(14)16-5/h6-9H,1-5H3,(H,16,17). The molecule has 0 aliphatic rings. The predicted octanol–water partition coefficient (Wildman–Crippen LogP) is 4.02. The molecule has 0 spiro atoms. The van der Waals surface area contributed by atoms with Crippen LogP contribution in [0.3, 0.4) is 0 Å². The zero-order valence-electron chi connectivity index (χ0n) is 11.3. The Morgan fingerprint density at radius 1 is 1.18 bits per heavy atom. The number of pyridine rings is 1. The molecule has 0 saturated heterocycles. The molecule has 1 aromatic heterocycles. The summed E-state index contributed by atoms with van der Waals surface area (Å²) in [4.78, 5) is 4.71. The van der Waals surface area contributed by atoms with Crippen LogP contribution in [0.4, 0.5) is 5.69 Å². The Labute approximate surface area is 103 Å². The Morgan fingerprint density at radius 3 is 2.47 bits per heavy atom. The highest BCUT2D eigenvalue weighted by Gasteiger charge is 2.14. The number of aromatic nitrogens is 1. The van der Waals surface area contributed by atoms with Gasteiger partial charge < -0.3 is 5.32 Å². The molecule has 0 radical (unpaired) electrons. The van der Waals surface area contributed by atoms with E-state index < -0.39 is 0 Å². The third kappa shape index (κ3) is 1.99. The first-order valence-corrected chi connectivity index (χ1v) is 6.13. The van der Waals surface area contributed by atoms with Crippen LogP contribution in [0.2, 0.25) is 0 Å². The van der Waals surface area contributed by atoms with Crippen molar-refractivity contribution in [3.8, 4) is 0 Å². The van der Waals surface area contributed by atoms with Crippen molar-refractivity contribution in [1.29, 1.82) is 0 Å². The van der Waals surface area contributed by atoms with Gasteiger partial charge in [-0.2, -0.15) is 0 Å². The van der Waals surface area contributed by atoms with Crippen molar-refractivity contribution < 1.29 is 0 Å². The van der Waals surface area contributed by atoms with Gasteiger partial charge in [-0.05, 0) is 37.5 Å². The fraction of sp³-hybridized carbons (Fsp3) is 0.400. The van der Waals surface area contributed by atoms with Gasteiger partial charge in [-0.1, -0.05) is 25.5 Å². The maximum Gasteiger partial charge on any atom is 0.0726 e. The third-order valence-corrected chi connectivity index (χ3v) is 3.20. The minimum absolute atomic E-state index is 0.481. The van der Waals surface area contributed by atoms with E-state index in [4.69, 9.17) is 4.98 Å². The molecule has 2 rings (SSSR count). The molecule has 90 valence electrons. The summed E-state index contributed by atoms with van der Waals surface area (Å²) in [5.41, 5.74) is 6.02. The van der Waals surface area contributed by atoms with Gasteiger partial charge in [-0.3, -0.25) is 4.98 Å². The number of nitrogens with zero attached hydrogens (tertiary/aromatic N) is 1. The van der Waals surface area contributed by atoms with Gasteiger partial charge in [-0.15, -0.1) is 0 Å². The van der Waals surface area contributed by atoms with Crippen molar-refractivity contribution in [2.24, 2.45) is 0 Å². The second kappa shape index (κ2) is 4.36. The first-order valence-electron chi connectivity index (χ1n) is 6.13. The molecule has 2 heteroatoms. The summed E-state index contributed by atoms with van der Waals surface area (Å²) in [5.74, 6) is 0.481. The van der Waals surface area contributed by atoms with E-state index in [-0.39, 0.29) is 0 Å². The average molecular weight is 228 g/mol. The van der Waals surface area contributed by atoms with E-state index in [2.05, 4.69) is 51.2 Å². The molecule has 0 unspecified atom stereocenters. The molecule has 0 atom stereocenters. The maximum atomic E-state index is 4.71. The summed E-state index contributed by atoms with van der Waals surface area (Å²) in [6, 6.07) is 6.42. The normalized spacial score (nSPS) is 11.2. The molecule has 17 heavy (non-hydrogen) atoms. The van der Waals surface area contributed by atoms with Crippen LogP contribution < -0.4 is 5.32 Å². The van der Waals surface area contributed by atoms with E-state index in [1.807, 2.05) is 7.05 Å². The number of aryl methyl sites for hydroxylation is 2. The van der Waals surface area contributed by atoms with Crippen molar-refractivity contribution in [1.82, 2.24) is 4.98 Å². The lowest BCUT2D eigenvalue weighted by Crippen LogP contribution is -2.03. The second-order valence-electron chi connectivity index (χ2n) is 4.91. The molecule has 0 bridgehead atoms. The summed E-state index contributed by atoms with van der Waals surface area (Å²) in [6.07, 6.45) is 0. The molecule has 1 N–H and O–H groups in total. The van der Waals surface area contributed by atoms with E-state index in [0.717, 1.165) is 11.2 Å². The maximum absolute atomic E-state index is 4.71. The van der Waals surface area contributed by atoms with Crippen molar-refractivity contribution in [2.45, 2.75) is 33.6 Å². The van der Waals surface area contributed by atoms with Gasteiger partial charge in [0.25, 0.3) is 0 Å². The fourth-order valence-electron chi connectivity index (χ4n) is 2.49. The highest BCUT2D eigenvalue weighted by Crippen LogP contribution is 2.33. The summed E-state index contributed by atoms with van der Waals surface area (Å²) >= 11 is 0. The van der Waals surface area contributed by atoms with E-state index in [1.165, 1.54) is 22.2 Å². The molecular formula is C15H20N2. The highest BCUT2D eigenvalue weighted by atomic mass is 14.8. The van der Waals surface area contributed by atoms with Crippen LogP contribution in [0, 0.1) is 13.8 Å². The third-order valence-electron chi connectivity index (χ3n) is 3.20. The summed E-state index contributed by atoms with van der Waals surface area (Å²) < 4.78 is 0. The Hall–Kier alpha value is -1.57. The molecule has 0 aliphatic heterocycles. The Bertz CT molecular complexity index is 556. The number of benzene rings is 1. The Balaban J connectivity index is 2.87. The number of nitrogens with one attached hydrogen (secondary N) is 1.